The van der Waals surface area contributed by atoms with Crippen LogP contribution in [0, 0.1) is 11.8 Å². The van der Waals surface area contributed by atoms with Crippen LogP contribution >= 0.6 is 0 Å². The molecular formula is C20H30N2O4. The van der Waals surface area contributed by atoms with Crippen molar-refractivity contribution in [2.24, 2.45) is 11.8 Å². The summed E-state index contributed by atoms with van der Waals surface area (Å²) < 4.78 is 5.16. The predicted molar refractivity (Wildman–Crippen MR) is 101 cm³/mol. The highest BCUT2D eigenvalue weighted by Crippen LogP contribution is 2.28. The number of benzene rings is 1. The molecule has 26 heavy (non-hydrogen) atoms. The Kier molecular flexibility index (Phi) is 9.41. The highest BCUT2D eigenvalue weighted by atomic mass is 16.5. The van der Waals surface area contributed by atoms with Gasteiger partial charge in [-0.25, -0.2) is 4.79 Å². The van der Waals surface area contributed by atoms with Gasteiger partial charge in [0.25, 0.3) is 5.91 Å². The average Bonchev–Trinajstić information content (AvgIpc) is 2.60. The van der Waals surface area contributed by atoms with Crippen molar-refractivity contribution in [2.45, 2.75) is 46.5 Å². The predicted octanol–water partition coefficient (Wildman–Crippen LogP) is 3.23. The zero-order valence-corrected chi connectivity index (χ0v) is 16.1. The van der Waals surface area contributed by atoms with Crippen molar-refractivity contribution in [3.05, 3.63) is 35.9 Å². The van der Waals surface area contributed by atoms with E-state index in [1.54, 1.807) is 0 Å². The Hall–Kier alpha value is -2.37. The lowest BCUT2D eigenvalue weighted by atomic mass is 9.86. The summed E-state index contributed by atoms with van der Waals surface area (Å²) in [4.78, 5) is 35.9. The molecule has 0 spiro atoms. The summed E-state index contributed by atoms with van der Waals surface area (Å²) >= 11 is 0. The van der Waals surface area contributed by atoms with Gasteiger partial charge in [-0.2, -0.15) is 0 Å². The van der Waals surface area contributed by atoms with Gasteiger partial charge in [0.15, 0.2) is 6.61 Å². The van der Waals surface area contributed by atoms with E-state index in [1.807, 2.05) is 58.0 Å². The minimum absolute atomic E-state index is 0.0762. The van der Waals surface area contributed by atoms with Crippen molar-refractivity contribution in [3.8, 4) is 0 Å². The monoisotopic (exact) mass is 362 g/mol. The van der Waals surface area contributed by atoms with Gasteiger partial charge in [-0.05, 0) is 23.8 Å². The summed E-state index contributed by atoms with van der Waals surface area (Å²) in [5.74, 6) is -0.999. The molecule has 1 aromatic carbocycles. The van der Waals surface area contributed by atoms with Gasteiger partial charge >= 0.3 is 12.0 Å². The van der Waals surface area contributed by atoms with E-state index in [2.05, 4.69) is 10.6 Å². The van der Waals surface area contributed by atoms with Gasteiger partial charge < -0.3 is 10.1 Å². The molecule has 0 radical (unpaired) electrons. The van der Waals surface area contributed by atoms with Gasteiger partial charge in [-0.15, -0.1) is 0 Å². The van der Waals surface area contributed by atoms with Crippen molar-refractivity contribution >= 4 is 17.9 Å². The smallest absolute Gasteiger partial charge is 0.321 e. The van der Waals surface area contributed by atoms with Crippen molar-refractivity contribution in [2.75, 3.05) is 13.2 Å². The molecule has 1 rings (SSSR count). The van der Waals surface area contributed by atoms with Gasteiger partial charge in [0.1, 0.15) is 0 Å². The highest BCUT2D eigenvalue weighted by molar-refractivity contribution is 5.95. The lowest BCUT2D eigenvalue weighted by molar-refractivity contribution is -0.151. The van der Waals surface area contributed by atoms with Crippen LogP contribution in [0.5, 0.6) is 0 Å². The molecule has 0 saturated heterocycles. The number of amides is 3. The second-order valence-electron chi connectivity index (χ2n) is 6.87. The maximum Gasteiger partial charge on any atom is 0.321 e. The third kappa shape index (κ3) is 7.68. The molecule has 2 N–H and O–H groups in total. The molecule has 0 aliphatic heterocycles. The Balaban J connectivity index is 2.52. The van der Waals surface area contributed by atoms with Crippen molar-refractivity contribution in [3.63, 3.8) is 0 Å². The van der Waals surface area contributed by atoms with E-state index in [4.69, 9.17) is 4.74 Å². The molecular weight excluding hydrogens is 332 g/mol. The van der Waals surface area contributed by atoms with Crippen LogP contribution in [0.3, 0.4) is 0 Å². The molecule has 0 aliphatic rings. The highest BCUT2D eigenvalue weighted by Gasteiger charge is 2.27. The summed E-state index contributed by atoms with van der Waals surface area (Å²) in [7, 11) is 0. The fraction of sp³-hybridized carbons (Fsp3) is 0.550. The van der Waals surface area contributed by atoms with Crippen LogP contribution in [0.1, 0.15) is 52.0 Å². The lowest BCUT2D eigenvalue weighted by Crippen LogP contribution is -2.42. The molecule has 0 bridgehead atoms. The molecule has 2 atom stereocenters. The number of ether oxygens (including phenoxy) is 1. The first-order valence-electron chi connectivity index (χ1n) is 9.14. The molecule has 0 fully saturated rings. The fourth-order valence-corrected chi connectivity index (χ4v) is 2.50. The van der Waals surface area contributed by atoms with Crippen LogP contribution in [-0.2, 0) is 14.3 Å². The molecule has 1 aromatic rings. The summed E-state index contributed by atoms with van der Waals surface area (Å²) in [6.45, 7) is 8.08. The fourth-order valence-electron chi connectivity index (χ4n) is 2.50. The van der Waals surface area contributed by atoms with E-state index >= 15 is 0 Å². The number of urea groups is 1. The normalized spacial score (nSPS) is 13.0. The average molecular weight is 362 g/mol. The second kappa shape index (κ2) is 11.3. The first kappa shape index (κ1) is 21.7. The molecule has 3 amide bonds. The van der Waals surface area contributed by atoms with E-state index in [0.29, 0.717) is 12.5 Å². The summed E-state index contributed by atoms with van der Waals surface area (Å²) in [5, 5.41) is 4.76. The largest absolute Gasteiger partial charge is 0.455 e. The third-order valence-corrected chi connectivity index (χ3v) is 4.23. The molecule has 6 heteroatoms. The van der Waals surface area contributed by atoms with Gasteiger partial charge in [0.2, 0.25) is 0 Å². The van der Waals surface area contributed by atoms with Crippen LogP contribution < -0.4 is 10.6 Å². The van der Waals surface area contributed by atoms with E-state index in [9.17, 15) is 14.4 Å². The minimum atomic E-state index is -0.642. The van der Waals surface area contributed by atoms with Crippen LogP contribution in [0.15, 0.2) is 30.3 Å². The SMILES string of the molecule is CCC(C)C(C(=O)OCC(=O)NC(=O)NCCC(C)C)c1ccccc1. The van der Waals surface area contributed by atoms with E-state index in [0.717, 1.165) is 18.4 Å². The Labute approximate surface area is 155 Å². The zero-order valence-electron chi connectivity index (χ0n) is 16.1. The number of hydrogen-bond acceptors (Lipinski definition) is 4. The van der Waals surface area contributed by atoms with Crippen LogP contribution in [0.2, 0.25) is 0 Å². The molecule has 0 saturated carbocycles. The Morgan fingerprint density at radius 1 is 1.08 bits per heavy atom. The number of nitrogens with one attached hydrogen (secondary N) is 2. The third-order valence-electron chi connectivity index (χ3n) is 4.23. The van der Waals surface area contributed by atoms with Gasteiger partial charge in [0, 0.05) is 6.54 Å². The van der Waals surface area contributed by atoms with Gasteiger partial charge in [0.05, 0.1) is 5.92 Å². The number of hydrogen-bond donors (Lipinski definition) is 2. The molecule has 6 nitrogen and oxygen atoms in total. The molecule has 0 aliphatic carbocycles. The quantitative estimate of drug-likeness (QED) is 0.661. The number of rotatable bonds is 9. The molecule has 0 heterocycles. The Morgan fingerprint density at radius 2 is 1.73 bits per heavy atom. The Morgan fingerprint density at radius 3 is 2.31 bits per heavy atom. The van der Waals surface area contributed by atoms with E-state index in [1.165, 1.54) is 0 Å². The summed E-state index contributed by atoms with van der Waals surface area (Å²) in [6, 6.07) is 8.79. The number of esters is 1. The van der Waals surface area contributed by atoms with Crippen molar-refractivity contribution in [1.29, 1.82) is 0 Å². The second-order valence-corrected chi connectivity index (χ2v) is 6.87. The maximum atomic E-state index is 12.5. The van der Waals surface area contributed by atoms with Crippen molar-refractivity contribution in [1.82, 2.24) is 10.6 Å². The van der Waals surface area contributed by atoms with Gasteiger partial charge in [-0.3, -0.25) is 14.9 Å². The first-order chi connectivity index (χ1) is 12.3. The number of imide groups is 1. The summed E-state index contributed by atoms with van der Waals surface area (Å²) in [5.41, 5.74) is 0.860. The number of carbonyl (C=O) groups excluding carboxylic acids is 3. The molecule has 144 valence electrons. The zero-order chi connectivity index (χ0) is 19.5. The van der Waals surface area contributed by atoms with Gasteiger partial charge in [-0.1, -0.05) is 64.4 Å². The number of carbonyl (C=O) groups is 3. The minimum Gasteiger partial charge on any atom is -0.455 e. The Bertz CT molecular complexity index is 587. The molecule has 0 aromatic heterocycles. The maximum absolute atomic E-state index is 12.5. The first-order valence-corrected chi connectivity index (χ1v) is 9.14. The topological polar surface area (TPSA) is 84.5 Å². The standard InChI is InChI=1S/C20H30N2O4/c1-5-15(4)18(16-9-7-6-8-10-16)19(24)26-13-17(23)22-20(25)21-12-11-14(2)3/h6-10,14-15,18H,5,11-13H2,1-4H3,(H2,21,22,23,25). The molecule has 2 unspecified atom stereocenters. The lowest BCUT2D eigenvalue weighted by Gasteiger charge is -2.21. The van der Waals surface area contributed by atoms with Crippen molar-refractivity contribution < 1.29 is 19.1 Å². The van der Waals surface area contributed by atoms with Crippen LogP contribution in [-0.4, -0.2) is 31.1 Å². The van der Waals surface area contributed by atoms with Crippen LogP contribution in [0.25, 0.3) is 0 Å². The van der Waals surface area contributed by atoms with E-state index in [-0.39, 0.29) is 5.92 Å². The van der Waals surface area contributed by atoms with E-state index < -0.39 is 30.4 Å². The summed E-state index contributed by atoms with van der Waals surface area (Å²) in [6.07, 6.45) is 1.63. The van der Waals surface area contributed by atoms with Crippen LogP contribution in [0.4, 0.5) is 4.79 Å².